The molecule has 34 heavy (non-hydrogen) atoms. The molecule has 178 valence electrons. The number of carbonyl (C=O) groups is 2. The van der Waals surface area contributed by atoms with Crippen molar-refractivity contribution < 1.29 is 31.4 Å². The summed E-state index contributed by atoms with van der Waals surface area (Å²) >= 11 is 0. The monoisotopic (exact) mass is 486 g/mol. The molecule has 10 heteroatoms. The lowest BCUT2D eigenvalue weighted by atomic mass is 10.0. The molecule has 0 aliphatic carbocycles. The van der Waals surface area contributed by atoms with Gasteiger partial charge in [-0.1, -0.05) is 24.3 Å². The zero-order chi connectivity index (χ0) is 24.7. The number of rotatable bonds is 9. The van der Waals surface area contributed by atoms with E-state index in [9.17, 15) is 21.9 Å². The van der Waals surface area contributed by atoms with E-state index in [0.29, 0.717) is 22.6 Å². The van der Waals surface area contributed by atoms with Crippen molar-refractivity contribution in [1.82, 2.24) is 0 Å². The normalized spacial score (nSPS) is 12.0. The minimum absolute atomic E-state index is 0.147. The second-order valence-corrected chi connectivity index (χ2v) is 8.53. The Hall–Kier alpha value is -3.76. The highest BCUT2D eigenvalue weighted by molar-refractivity contribution is 7.86. The average Bonchev–Trinajstić information content (AvgIpc) is 2.79. The highest BCUT2D eigenvalue weighted by Gasteiger charge is 2.22. The van der Waals surface area contributed by atoms with Crippen LogP contribution in [-0.2, 0) is 19.8 Å². The number of halogens is 1. The molecule has 0 radical (unpaired) electrons. The Morgan fingerprint density at radius 3 is 2.32 bits per heavy atom. The molecule has 0 saturated carbocycles. The van der Waals surface area contributed by atoms with Crippen molar-refractivity contribution in [3.05, 3.63) is 83.9 Å². The SMILES string of the molecule is CCOC(=O)c1ccc(NC(=O)CC(N)c2ccc(S(=O)(=O)F)c(Oc3ccccc3)c2)cc1. The molecule has 3 aromatic rings. The topological polar surface area (TPSA) is 125 Å². The van der Waals surface area contributed by atoms with E-state index < -0.39 is 33.0 Å². The molecular formula is C24H23FN2O6S. The highest BCUT2D eigenvalue weighted by atomic mass is 32.3. The van der Waals surface area contributed by atoms with Gasteiger partial charge in [0.05, 0.1) is 12.2 Å². The third-order valence-electron chi connectivity index (χ3n) is 4.71. The first-order valence-corrected chi connectivity index (χ1v) is 11.7. The summed E-state index contributed by atoms with van der Waals surface area (Å²) in [5.41, 5.74) is 7.34. The van der Waals surface area contributed by atoms with Crippen LogP contribution in [-0.4, -0.2) is 26.9 Å². The lowest BCUT2D eigenvalue weighted by Crippen LogP contribution is -2.20. The van der Waals surface area contributed by atoms with Gasteiger partial charge in [0, 0.05) is 18.2 Å². The zero-order valence-corrected chi connectivity index (χ0v) is 19.0. The molecular weight excluding hydrogens is 463 g/mol. The van der Waals surface area contributed by atoms with Gasteiger partial charge in [-0.3, -0.25) is 4.79 Å². The second-order valence-electron chi connectivity index (χ2n) is 7.22. The van der Waals surface area contributed by atoms with Crippen molar-refractivity contribution >= 4 is 27.8 Å². The van der Waals surface area contributed by atoms with E-state index >= 15 is 0 Å². The summed E-state index contributed by atoms with van der Waals surface area (Å²) in [4.78, 5) is 23.5. The van der Waals surface area contributed by atoms with Crippen molar-refractivity contribution in [2.24, 2.45) is 5.73 Å². The number of esters is 1. The van der Waals surface area contributed by atoms with Crippen LogP contribution in [0, 0.1) is 0 Å². The van der Waals surface area contributed by atoms with Crippen LogP contribution in [0.15, 0.2) is 77.7 Å². The molecule has 0 aliphatic heterocycles. The maximum atomic E-state index is 13.8. The van der Waals surface area contributed by atoms with E-state index in [1.807, 2.05) is 0 Å². The minimum atomic E-state index is -5.05. The Balaban J connectivity index is 1.72. The Labute approximate surface area is 196 Å². The Kier molecular flexibility index (Phi) is 7.98. The van der Waals surface area contributed by atoms with Gasteiger partial charge in [0.2, 0.25) is 5.91 Å². The van der Waals surface area contributed by atoms with E-state index in [-0.39, 0.29) is 18.8 Å². The quantitative estimate of drug-likeness (QED) is 0.340. The number of anilines is 1. The van der Waals surface area contributed by atoms with Crippen LogP contribution in [0.25, 0.3) is 0 Å². The molecule has 0 heterocycles. The van der Waals surface area contributed by atoms with Gasteiger partial charge in [-0.25, -0.2) is 4.79 Å². The third kappa shape index (κ3) is 6.63. The molecule has 3 rings (SSSR count). The first-order chi connectivity index (χ1) is 16.2. The summed E-state index contributed by atoms with van der Waals surface area (Å²) in [6, 6.07) is 17.3. The number of amides is 1. The van der Waals surface area contributed by atoms with Gasteiger partial charge in [-0.2, -0.15) is 8.42 Å². The smallest absolute Gasteiger partial charge is 0.338 e. The molecule has 0 saturated heterocycles. The fourth-order valence-corrected chi connectivity index (χ4v) is 3.66. The van der Waals surface area contributed by atoms with Crippen molar-refractivity contribution in [3.63, 3.8) is 0 Å². The first kappa shape index (κ1) is 24.9. The molecule has 3 N–H and O–H groups in total. The fourth-order valence-electron chi connectivity index (χ4n) is 3.09. The van der Waals surface area contributed by atoms with Crippen molar-refractivity contribution in [3.8, 4) is 11.5 Å². The number of para-hydroxylation sites is 1. The van der Waals surface area contributed by atoms with Gasteiger partial charge >= 0.3 is 16.2 Å². The number of hydrogen-bond acceptors (Lipinski definition) is 7. The molecule has 1 atom stereocenters. The number of ether oxygens (including phenoxy) is 2. The maximum absolute atomic E-state index is 13.8. The maximum Gasteiger partial charge on any atom is 0.338 e. The molecule has 1 amide bonds. The van der Waals surface area contributed by atoms with E-state index in [4.69, 9.17) is 15.2 Å². The molecule has 0 aliphatic rings. The number of benzene rings is 3. The van der Waals surface area contributed by atoms with Crippen LogP contribution < -0.4 is 15.8 Å². The summed E-state index contributed by atoms with van der Waals surface area (Å²) in [5, 5.41) is 2.67. The van der Waals surface area contributed by atoms with Crippen LogP contribution >= 0.6 is 0 Å². The molecule has 8 nitrogen and oxygen atoms in total. The van der Waals surface area contributed by atoms with Crippen LogP contribution in [0.4, 0.5) is 9.57 Å². The summed E-state index contributed by atoms with van der Waals surface area (Å²) in [6.45, 7) is 1.96. The largest absolute Gasteiger partial charge is 0.462 e. The predicted molar refractivity (Wildman–Crippen MR) is 124 cm³/mol. The van der Waals surface area contributed by atoms with Gasteiger partial charge < -0.3 is 20.5 Å². The lowest BCUT2D eigenvalue weighted by Gasteiger charge is -2.15. The second kappa shape index (κ2) is 10.9. The number of nitrogens with two attached hydrogens (primary N) is 1. The molecule has 0 bridgehead atoms. The van der Waals surface area contributed by atoms with E-state index in [1.165, 1.54) is 24.3 Å². The van der Waals surface area contributed by atoms with Crippen LogP contribution in [0.1, 0.15) is 35.3 Å². The van der Waals surface area contributed by atoms with E-state index in [0.717, 1.165) is 6.07 Å². The first-order valence-electron chi connectivity index (χ1n) is 10.3. The Morgan fingerprint density at radius 2 is 1.71 bits per heavy atom. The van der Waals surface area contributed by atoms with Crippen LogP contribution in [0.2, 0.25) is 0 Å². The van der Waals surface area contributed by atoms with Crippen molar-refractivity contribution in [2.75, 3.05) is 11.9 Å². The van der Waals surface area contributed by atoms with E-state index in [1.54, 1.807) is 49.4 Å². The van der Waals surface area contributed by atoms with Gasteiger partial charge in [0.15, 0.2) is 0 Å². The third-order valence-corrected chi connectivity index (χ3v) is 5.58. The van der Waals surface area contributed by atoms with Crippen molar-refractivity contribution in [1.29, 1.82) is 0 Å². The predicted octanol–water partition coefficient (Wildman–Crippen LogP) is 4.34. The average molecular weight is 487 g/mol. The zero-order valence-electron chi connectivity index (χ0n) is 18.2. The summed E-state index contributed by atoms with van der Waals surface area (Å²) in [5.74, 6) is -0.808. The molecule has 0 spiro atoms. The van der Waals surface area contributed by atoms with Gasteiger partial charge in [0.25, 0.3) is 0 Å². The number of carbonyl (C=O) groups excluding carboxylic acids is 2. The molecule has 0 fully saturated rings. The van der Waals surface area contributed by atoms with Gasteiger partial charge in [0.1, 0.15) is 16.4 Å². The van der Waals surface area contributed by atoms with Gasteiger partial charge in [-0.05, 0) is 61.0 Å². The van der Waals surface area contributed by atoms with Crippen LogP contribution in [0.3, 0.4) is 0 Å². The summed E-state index contributed by atoms with van der Waals surface area (Å²) in [7, 11) is -5.05. The minimum Gasteiger partial charge on any atom is -0.462 e. The highest BCUT2D eigenvalue weighted by Crippen LogP contribution is 2.33. The standard InChI is InChI=1S/C24H23FN2O6S/c1-2-32-24(29)16-8-11-18(12-9-16)27-23(28)15-20(26)17-10-13-22(34(25,30)31)21(14-17)33-19-6-4-3-5-7-19/h3-14,20H,2,15,26H2,1H3,(H,27,28). The van der Waals surface area contributed by atoms with E-state index in [2.05, 4.69) is 5.32 Å². The Morgan fingerprint density at radius 1 is 1.03 bits per heavy atom. The molecule has 0 aromatic heterocycles. The van der Waals surface area contributed by atoms with Crippen molar-refractivity contribution in [2.45, 2.75) is 24.3 Å². The summed E-state index contributed by atoms with van der Waals surface area (Å²) in [6.07, 6.45) is -0.147. The fraction of sp³-hybridized carbons (Fsp3) is 0.167. The molecule has 3 aromatic carbocycles. The Bertz CT molecular complexity index is 1260. The van der Waals surface area contributed by atoms with Crippen LogP contribution in [0.5, 0.6) is 11.5 Å². The lowest BCUT2D eigenvalue weighted by molar-refractivity contribution is -0.116. The molecule has 1 unspecified atom stereocenters. The number of nitrogens with one attached hydrogen (secondary N) is 1. The van der Waals surface area contributed by atoms with Gasteiger partial charge in [-0.15, -0.1) is 3.89 Å². The summed E-state index contributed by atoms with van der Waals surface area (Å²) < 4.78 is 47.3. The number of hydrogen-bond donors (Lipinski definition) is 2.